The summed E-state index contributed by atoms with van der Waals surface area (Å²) in [5.41, 5.74) is 0. The van der Waals surface area contributed by atoms with E-state index in [1.165, 1.54) is 0 Å². The first-order chi connectivity index (χ1) is 6.33. The average molecular weight is 351 g/mol. The van der Waals surface area contributed by atoms with Crippen LogP contribution in [0.25, 0.3) is 0 Å². The molecule has 0 aliphatic heterocycles. The topological polar surface area (TPSA) is 103 Å². The number of hydrogen-bond acceptors (Lipinski definition) is 3. The third-order valence-electron chi connectivity index (χ3n) is 0.893. The zero-order chi connectivity index (χ0) is 11.2. The van der Waals surface area contributed by atoms with Gasteiger partial charge in [-0.05, 0) is 24.3 Å². The maximum absolute atomic E-state index is 10.3. The summed E-state index contributed by atoms with van der Waals surface area (Å²) in [7, 11) is -3.67. The molecule has 0 aromatic heterocycles. The zero-order valence-corrected chi connectivity index (χ0v) is 10.6. The monoisotopic (exact) mass is 350 g/mol. The van der Waals surface area contributed by atoms with Crippen LogP contribution in [0.4, 0.5) is 0 Å². The van der Waals surface area contributed by atoms with E-state index in [1.807, 2.05) is 0 Å². The largest absolute Gasteiger partial charge is 0.271 e. The lowest BCUT2D eigenvalue weighted by molar-refractivity contribution is 0.599. The van der Waals surface area contributed by atoms with Crippen LogP contribution in [0.15, 0.2) is 24.3 Å². The normalized spacial score (nSPS) is 10.2. The molecule has 0 atom stereocenters. The second-order valence-electron chi connectivity index (χ2n) is 2.10. The summed E-state index contributed by atoms with van der Waals surface area (Å²) in [5, 5.41) is 8.90. The molecule has 1 aromatic carbocycles. The van der Waals surface area contributed by atoms with Crippen LogP contribution in [0.3, 0.4) is 0 Å². The molecule has 0 fully saturated rings. The first kappa shape index (κ1) is 13.9. The van der Waals surface area contributed by atoms with Crippen LogP contribution in [0, 0.1) is 3.57 Å². The fourth-order valence-electron chi connectivity index (χ4n) is 0.481. The van der Waals surface area contributed by atoms with Gasteiger partial charge in [0.1, 0.15) is 0 Å². The lowest BCUT2D eigenvalue weighted by atomic mass is 10.4. The highest BCUT2D eigenvalue weighted by Crippen LogP contribution is 2.13. The Kier molecular flexibility index (Phi) is 6.36. The Morgan fingerprint density at radius 3 is 1.79 bits per heavy atom. The van der Waals surface area contributed by atoms with Crippen molar-refractivity contribution in [3.63, 3.8) is 0 Å². The molecule has 0 bridgehead atoms. The van der Waals surface area contributed by atoms with E-state index in [9.17, 15) is 11.5 Å². The highest BCUT2D eigenvalue weighted by atomic mass is 127. The molecule has 14 heavy (non-hydrogen) atoms. The Balaban J connectivity index is 0.000000292. The molecule has 8 heteroatoms. The number of rotatable bonds is 1. The van der Waals surface area contributed by atoms with Crippen LogP contribution in [-0.4, -0.2) is 8.42 Å². The molecule has 4 N–H and O–H groups in total. The number of hydrogen-bond donors (Lipinski definition) is 2. The summed E-state index contributed by atoms with van der Waals surface area (Å²) in [5.74, 6) is 0. The molecule has 1 rings (SSSR count). The van der Waals surface area contributed by atoms with Gasteiger partial charge >= 0.3 is 0 Å². The Morgan fingerprint density at radius 2 is 1.50 bits per heavy atom. The van der Waals surface area contributed by atoms with Crippen molar-refractivity contribution < 1.29 is 11.5 Å². The maximum Gasteiger partial charge on any atom is 0.271 e. The second-order valence-corrected chi connectivity index (χ2v) is 5.40. The predicted octanol–water partition coefficient (Wildman–Crippen LogP) is 0.974. The van der Waals surface area contributed by atoms with Crippen LogP contribution in [-0.2, 0) is 13.3 Å². The molecule has 0 saturated heterocycles. The predicted molar refractivity (Wildman–Crippen MR) is 62.2 cm³/mol. The fraction of sp³-hybridized carbons (Fsp3) is 0. The minimum absolute atomic E-state index is 0.691. The van der Waals surface area contributed by atoms with Crippen molar-refractivity contribution in [3.8, 4) is 0 Å². The van der Waals surface area contributed by atoms with Gasteiger partial charge in [0.15, 0.2) is 21.2 Å². The van der Waals surface area contributed by atoms with Gasteiger partial charge < -0.3 is 0 Å². The number of halogens is 2. The highest BCUT2D eigenvalue weighted by Gasteiger charge is 1.88. The van der Waals surface area contributed by atoms with Gasteiger partial charge in [-0.2, -0.15) is 8.42 Å². The molecule has 0 radical (unpaired) electrons. The summed E-state index contributed by atoms with van der Waals surface area (Å²) in [6.07, 6.45) is 0. The van der Waals surface area contributed by atoms with Crippen molar-refractivity contribution in [2.45, 2.75) is 0 Å². The van der Waals surface area contributed by atoms with E-state index in [1.54, 1.807) is 24.3 Å². The molecular weight excluding hydrogens is 343 g/mol. The van der Waals surface area contributed by atoms with E-state index >= 15 is 0 Å². The SMILES string of the molecule is NS(N)(=O)=O.O=Ic1ccc(Cl)cc1. The van der Waals surface area contributed by atoms with E-state index in [-0.39, 0.29) is 0 Å². The first-order valence-electron chi connectivity index (χ1n) is 3.16. The molecule has 5 nitrogen and oxygen atoms in total. The van der Waals surface area contributed by atoms with Gasteiger partial charge in [0.05, 0.1) is 0 Å². The summed E-state index contributed by atoms with van der Waals surface area (Å²) in [6.45, 7) is 0. The second kappa shape index (κ2) is 6.40. The quantitative estimate of drug-likeness (QED) is 0.738. The van der Waals surface area contributed by atoms with Crippen LogP contribution in [0.5, 0.6) is 0 Å². The van der Waals surface area contributed by atoms with E-state index in [2.05, 4.69) is 10.3 Å². The summed E-state index contributed by atoms with van der Waals surface area (Å²) in [4.78, 5) is 0. The number of nitrogens with two attached hydrogens (primary N) is 2. The molecule has 1 aromatic rings. The van der Waals surface area contributed by atoms with Gasteiger partial charge in [0.25, 0.3) is 10.2 Å². The fourth-order valence-corrected chi connectivity index (χ4v) is 1.26. The summed E-state index contributed by atoms with van der Waals surface area (Å²) >= 11 is 4.57. The lowest BCUT2D eigenvalue weighted by Crippen LogP contribution is -2.21. The number of benzene rings is 1. The van der Waals surface area contributed by atoms with Gasteiger partial charge in [-0.1, -0.05) is 11.6 Å². The van der Waals surface area contributed by atoms with Gasteiger partial charge in [0, 0.05) is 8.59 Å². The Hall–Kier alpha value is -0.0900. The molecule has 0 spiro atoms. The Labute approximate surface area is 97.3 Å². The molecule has 0 unspecified atom stereocenters. The van der Waals surface area contributed by atoms with Crippen molar-refractivity contribution in [1.29, 1.82) is 0 Å². The minimum Gasteiger partial charge on any atom is -0.265 e. The van der Waals surface area contributed by atoms with E-state index in [0.29, 0.717) is 5.02 Å². The van der Waals surface area contributed by atoms with Crippen molar-refractivity contribution in [1.82, 2.24) is 0 Å². The summed E-state index contributed by atoms with van der Waals surface area (Å²) < 4.78 is 29.6. The highest BCUT2D eigenvalue weighted by molar-refractivity contribution is 14.1. The molecule has 0 heterocycles. The zero-order valence-electron chi connectivity index (χ0n) is 6.85. The van der Waals surface area contributed by atoms with Crippen molar-refractivity contribution in [3.05, 3.63) is 32.9 Å². The smallest absolute Gasteiger partial charge is 0.265 e. The third-order valence-corrected chi connectivity index (χ3v) is 2.37. The molecule has 0 aliphatic rings. The van der Waals surface area contributed by atoms with Crippen LogP contribution >= 0.6 is 32.8 Å². The lowest BCUT2D eigenvalue weighted by Gasteiger charge is -1.86. The van der Waals surface area contributed by atoms with Crippen molar-refractivity contribution >= 4 is 43.0 Å². The van der Waals surface area contributed by atoms with Gasteiger partial charge in [0.2, 0.25) is 0 Å². The van der Waals surface area contributed by atoms with E-state index < -0.39 is 31.4 Å². The third kappa shape index (κ3) is 9.99. The molecule has 80 valence electrons. The Morgan fingerprint density at radius 1 is 1.14 bits per heavy atom. The van der Waals surface area contributed by atoms with E-state index in [0.717, 1.165) is 3.57 Å². The first-order valence-corrected chi connectivity index (χ1v) is 7.11. The van der Waals surface area contributed by atoms with Crippen molar-refractivity contribution in [2.24, 2.45) is 10.3 Å². The molecule has 0 amide bonds. The van der Waals surface area contributed by atoms with Crippen molar-refractivity contribution in [2.75, 3.05) is 0 Å². The summed E-state index contributed by atoms with van der Waals surface area (Å²) in [6, 6.07) is 7.05. The molecule has 0 saturated carbocycles. The average Bonchev–Trinajstić information content (AvgIpc) is 2.03. The van der Waals surface area contributed by atoms with E-state index in [4.69, 9.17) is 11.6 Å². The standard InChI is InChI=1S/C6H4ClIO.H4N2O2S/c7-5-1-3-6(8-9)4-2-5;1-5(2,3)4/h1-4H;(H4,1,2,3,4). The van der Waals surface area contributed by atoms with Gasteiger partial charge in [-0.15, -0.1) is 0 Å². The van der Waals surface area contributed by atoms with Crippen LogP contribution < -0.4 is 10.3 Å². The van der Waals surface area contributed by atoms with Gasteiger partial charge in [-0.25, -0.2) is 10.3 Å². The van der Waals surface area contributed by atoms with Gasteiger partial charge in [-0.3, -0.25) is 3.07 Å². The van der Waals surface area contributed by atoms with Crippen LogP contribution in [0.2, 0.25) is 5.02 Å². The maximum atomic E-state index is 10.3. The minimum atomic E-state index is -3.67. The van der Waals surface area contributed by atoms with Crippen LogP contribution in [0.1, 0.15) is 0 Å². The Bertz CT molecular complexity index is 384. The molecular formula is C6H8ClIN2O3S. The molecule has 0 aliphatic carbocycles.